The molecular weight excluding hydrogens is 478 g/mol. The summed E-state index contributed by atoms with van der Waals surface area (Å²) >= 11 is 0. The average Bonchev–Trinajstić information content (AvgIpc) is 2.84. The van der Waals surface area contributed by atoms with Gasteiger partial charge in [0.05, 0.1) is 11.1 Å². The molecule has 0 saturated heterocycles. The number of aryl methyl sites for hydroxylation is 2. The van der Waals surface area contributed by atoms with Gasteiger partial charge in [-0.1, -0.05) is 38.1 Å². The Hall–Kier alpha value is -2.06. The van der Waals surface area contributed by atoms with E-state index in [1.165, 1.54) is 24.3 Å². The zero-order valence-electron chi connectivity index (χ0n) is 21.0. The molecule has 0 aliphatic heterocycles. The van der Waals surface area contributed by atoms with Crippen molar-refractivity contribution in [1.29, 1.82) is 0 Å². The number of fused-ring (bicyclic) bond motifs is 2. The highest BCUT2D eigenvalue weighted by atomic mass is 19.4. The summed E-state index contributed by atoms with van der Waals surface area (Å²) < 4.78 is 77.6. The summed E-state index contributed by atoms with van der Waals surface area (Å²) in [6, 6.07) is 9.42. The molecule has 8 heteroatoms. The fraction of sp³-hybridized carbons (Fsp3) is 0.571. The van der Waals surface area contributed by atoms with Crippen molar-refractivity contribution in [3.05, 3.63) is 69.8 Å². The van der Waals surface area contributed by atoms with Crippen molar-refractivity contribution in [3.63, 3.8) is 0 Å². The third-order valence-corrected chi connectivity index (χ3v) is 6.95. The Labute approximate surface area is 209 Å². The van der Waals surface area contributed by atoms with Crippen LogP contribution in [0.25, 0.3) is 0 Å². The highest BCUT2D eigenvalue weighted by Crippen LogP contribution is 2.37. The van der Waals surface area contributed by atoms with Crippen LogP contribution in [0.1, 0.15) is 72.9 Å². The van der Waals surface area contributed by atoms with Gasteiger partial charge >= 0.3 is 12.4 Å². The van der Waals surface area contributed by atoms with Crippen LogP contribution in [0.4, 0.5) is 26.3 Å². The topological polar surface area (TPSA) is 24.1 Å². The van der Waals surface area contributed by atoms with E-state index in [-0.39, 0.29) is 12.1 Å². The van der Waals surface area contributed by atoms with E-state index in [0.29, 0.717) is 24.0 Å². The molecule has 0 amide bonds. The molecule has 0 radical (unpaired) electrons. The van der Waals surface area contributed by atoms with Gasteiger partial charge in [-0.3, -0.25) is 0 Å². The third kappa shape index (κ3) is 7.48. The molecule has 2 aromatic rings. The Morgan fingerprint density at radius 1 is 0.667 bits per heavy atom. The maximum absolute atomic E-state index is 12.9. The lowest BCUT2D eigenvalue weighted by Gasteiger charge is -2.28. The number of halogens is 6. The lowest BCUT2D eigenvalue weighted by atomic mass is 9.85. The lowest BCUT2D eigenvalue weighted by molar-refractivity contribution is -0.139. The van der Waals surface area contributed by atoms with Crippen LogP contribution in [0, 0.1) is 0 Å². The first-order chi connectivity index (χ1) is 17.0. The van der Waals surface area contributed by atoms with Crippen molar-refractivity contribution in [1.82, 2.24) is 10.6 Å². The van der Waals surface area contributed by atoms with Crippen molar-refractivity contribution < 1.29 is 26.3 Å². The number of hydrogen-bond donors (Lipinski definition) is 2. The van der Waals surface area contributed by atoms with E-state index in [1.54, 1.807) is 0 Å². The molecule has 0 aromatic heterocycles. The Morgan fingerprint density at radius 2 is 1.06 bits per heavy atom. The molecule has 2 N–H and O–H groups in total. The van der Waals surface area contributed by atoms with E-state index in [4.69, 9.17) is 0 Å². The molecule has 2 nitrogen and oxygen atoms in total. The third-order valence-electron chi connectivity index (χ3n) is 6.95. The maximum atomic E-state index is 12.9. The second-order valence-corrected chi connectivity index (χ2v) is 9.67. The molecule has 2 aliphatic carbocycles. The molecule has 36 heavy (non-hydrogen) atoms. The van der Waals surface area contributed by atoms with Crippen molar-refractivity contribution in [2.45, 2.75) is 89.7 Å². The van der Waals surface area contributed by atoms with Gasteiger partial charge in [-0.05, 0) is 98.8 Å². The molecule has 0 bridgehead atoms. The minimum absolute atomic E-state index is 0.181. The molecule has 0 spiro atoms. The molecular formula is C28H36F6N2. The molecule has 2 aliphatic rings. The number of nitrogens with one attached hydrogen (secondary N) is 2. The first-order valence-corrected chi connectivity index (χ1v) is 12.9. The van der Waals surface area contributed by atoms with E-state index >= 15 is 0 Å². The molecule has 200 valence electrons. The Bertz CT molecular complexity index is 903. The summed E-state index contributed by atoms with van der Waals surface area (Å²) in [5, 5.41) is 6.65. The van der Waals surface area contributed by atoms with Crippen LogP contribution in [0.5, 0.6) is 0 Å². The largest absolute Gasteiger partial charge is 0.416 e. The molecule has 2 aromatic carbocycles. The smallest absolute Gasteiger partial charge is 0.314 e. The van der Waals surface area contributed by atoms with Crippen molar-refractivity contribution >= 4 is 0 Å². The fourth-order valence-corrected chi connectivity index (χ4v) is 5.15. The molecule has 4 rings (SSSR count). The molecule has 0 heterocycles. The summed E-state index contributed by atoms with van der Waals surface area (Å²) in [5.41, 5.74) is 1.79. The SMILES string of the molecule is CCCNC1CCc2cccc(C(F)(F)F)c2C1.CCCNC1CCc2cccc(C(F)(F)F)c2C1. The number of alkyl halides is 6. The molecule has 0 saturated carbocycles. The van der Waals surface area contributed by atoms with Gasteiger partial charge in [0.1, 0.15) is 0 Å². The second-order valence-electron chi connectivity index (χ2n) is 9.67. The predicted octanol–water partition coefficient (Wildman–Crippen LogP) is 7.12. The summed E-state index contributed by atoms with van der Waals surface area (Å²) in [5.74, 6) is 0. The van der Waals surface area contributed by atoms with Gasteiger partial charge in [0.15, 0.2) is 0 Å². The monoisotopic (exact) mass is 514 g/mol. The predicted molar refractivity (Wildman–Crippen MR) is 131 cm³/mol. The van der Waals surface area contributed by atoms with Crippen LogP contribution in [-0.2, 0) is 38.0 Å². The van der Waals surface area contributed by atoms with E-state index in [9.17, 15) is 26.3 Å². The Morgan fingerprint density at radius 3 is 1.39 bits per heavy atom. The van der Waals surface area contributed by atoms with E-state index < -0.39 is 23.5 Å². The summed E-state index contributed by atoms with van der Waals surface area (Å²) in [7, 11) is 0. The van der Waals surface area contributed by atoms with Gasteiger partial charge in [0.2, 0.25) is 0 Å². The van der Waals surface area contributed by atoms with Crippen molar-refractivity contribution in [2.75, 3.05) is 13.1 Å². The Balaban J connectivity index is 0.000000201. The van der Waals surface area contributed by atoms with E-state index in [1.807, 2.05) is 12.1 Å². The second kappa shape index (κ2) is 12.5. The number of benzene rings is 2. The fourth-order valence-electron chi connectivity index (χ4n) is 5.15. The molecule has 0 fully saturated rings. The van der Waals surface area contributed by atoms with Gasteiger partial charge in [-0.15, -0.1) is 0 Å². The standard InChI is InChI=1S/2C14H18F3N/c2*1-2-8-18-11-7-6-10-4-3-5-13(12(10)9-11)14(15,16)17/h2*3-5,11,18H,2,6-9H2,1H3. The first-order valence-electron chi connectivity index (χ1n) is 12.9. The highest BCUT2D eigenvalue weighted by molar-refractivity contribution is 5.40. The molecule has 2 unspecified atom stereocenters. The maximum Gasteiger partial charge on any atom is 0.416 e. The van der Waals surface area contributed by atoms with Gasteiger partial charge in [0, 0.05) is 12.1 Å². The minimum Gasteiger partial charge on any atom is -0.314 e. The zero-order chi connectivity index (χ0) is 26.3. The zero-order valence-corrected chi connectivity index (χ0v) is 21.0. The summed E-state index contributed by atoms with van der Waals surface area (Å²) in [6.45, 7) is 5.86. The quantitative estimate of drug-likeness (QED) is 0.401. The van der Waals surface area contributed by atoms with Gasteiger partial charge in [0.25, 0.3) is 0 Å². The van der Waals surface area contributed by atoms with Gasteiger partial charge in [-0.25, -0.2) is 0 Å². The average molecular weight is 515 g/mol. The Kier molecular flexibility index (Phi) is 9.86. The van der Waals surface area contributed by atoms with Crippen LogP contribution in [0.2, 0.25) is 0 Å². The van der Waals surface area contributed by atoms with Crippen LogP contribution in [0.15, 0.2) is 36.4 Å². The highest BCUT2D eigenvalue weighted by Gasteiger charge is 2.36. The van der Waals surface area contributed by atoms with E-state index in [2.05, 4.69) is 24.5 Å². The van der Waals surface area contributed by atoms with Gasteiger partial charge < -0.3 is 10.6 Å². The van der Waals surface area contributed by atoms with Crippen molar-refractivity contribution in [3.8, 4) is 0 Å². The lowest BCUT2D eigenvalue weighted by Crippen LogP contribution is -2.36. The first kappa shape index (κ1) is 28.5. The molecule has 2 atom stereocenters. The summed E-state index contributed by atoms with van der Waals surface area (Å²) in [4.78, 5) is 0. The van der Waals surface area contributed by atoms with Crippen LogP contribution >= 0.6 is 0 Å². The minimum atomic E-state index is -4.24. The van der Waals surface area contributed by atoms with Crippen LogP contribution in [-0.4, -0.2) is 25.2 Å². The van der Waals surface area contributed by atoms with E-state index in [0.717, 1.165) is 62.7 Å². The van der Waals surface area contributed by atoms with Crippen LogP contribution in [0.3, 0.4) is 0 Å². The normalized spacial score (nSPS) is 19.7. The van der Waals surface area contributed by atoms with Crippen molar-refractivity contribution in [2.24, 2.45) is 0 Å². The number of rotatable bonds is 6. The number of hydrogen-bond acceptors (Lipinski definition) is 2. The van der Waals surface area contributed by atoms with Gasteiger partial charge in [-0.2, -0.15) is 26.3 Å². The van der Waals surface area contributed by atoms with Crippen LogP contribution < -0.4 is 10.6 Å². The summed E-state index contributed by atoms with van der Waals surface area (Å²) in [6.07, 6.45) is -2.16.